The Bertz CT molecular complexity index is 123. The predicted octanol–water partition coefficient (Wildman–Crippen LogP) is 2.33. The van der Waals surface area contributed by atoms with Crippen LogP contribution >= 0.6 is 0 Å². The molecule has 0 unspecified atom stereocenters. The zero-order valence-corrected chi connectivity index (χ0v) is 9.01. The number of methoxy groups -OCH3 is 1. The van der Waals surface area contributed by atoms with Gasteiger partial charge in [-0.1, -0.05) is 13.3 Å². The third kappa shape index (κ3) is 5.27. The standard InChI is InChI=1S/C11H23NO/c1-3-5-11(13-2)6-4-9-12-10-7-8-10/h10-12H,3-9H2,1-2H3/t11-/m0/s1. The summed E-state index contributed by atoms with van der Waals surface area (Å²) in [4.78, 5) is 0. The van der Waals surface area contributed by atoms with E-state index < -0.39 is 0 Å². The maximum Gasteiger partial charge on any atom is 0.0571 e. The Morgan fingerprint density at radius 3 is 2.69 bits per heavy atom. The van der Waals surface area contributed by atoms with Crippen molar-refractivity contribution in [3.05, 3.63) is 0 Å². The first-order valence-corrected chi connectivity index (χ1v) is 5.63. The van der Waals surface area contributed by atoms with Crippen LogP contribution in [0.3, 0.4) is 0 Å². The Hall–Kier alpha value is -0.0800. The molecule has 0 heterocycles. The number of hydrogen-bond donors (Lipinski definition) is 1. The Morgan fingerprint density at radius 1 is 1.38 bits per heavy atom. The molecule has 13 heavy (non-hydrogen) atoms. The van der Waals surface area contributed by atoms with Crippen LogP contribution in [0.25, 0.3) is 0 Å². The van der Waals surface area contributed by atoms with Gasteiger partial charge in [-0.15, -0.1) is 0 Å². The van der Waals surface area contributed by atoms with Crippen molar-refractivity contribution >= 4 is 0 Å². The molecule has 1 fully saturated rings. The second kappa shape index (κ2) is 6.39. The molecule has 0 saturated heterocycles. The lowest BCUT2D eigenvalue weighted by molar-refractivity contribution is 0.0856. The molecular formula is C11H23NO. The molecule has 0 radical (unpaired) electrons. The van der Waals surface area contributed by atoms with E-state index in [1.165, 1.54) is 45.1 Å². The summed E-state index contributed by atoms with van der Waals surface area (Å²) in [6, 6.07) is 0.854. The molecule has 78 valence electrons. The lowest BCUT2D eigenvalue weighted by Gasteiger charge is -2.13. The van der Waals surface area contributed by atoms with Gasteiger partial charge in [0.2, 0.25) is 0 Å². The van der Waals surface area contributed by atoms with Gasteiger partial charge in [0, 0.05) is 13.2 Å². The minimum atomic E-state index is 0.492. The van der Waals surface area contributed by atoms with Gasteiger partial charge in [-0.3, -0.25) is 0 Å². The van der Waals surface area contributed by atoms with Crippen molar-refractivity contribution in [2.75, 3.05) is 13.7 Å². The van der Waals surface area contributed by atoms with Crippen LogP contribution in [0, 0.1) is 0 Å². The van der Waals surface area contributed by atoms with Crippen LogP contribution in [0.4, 0.5) is 0 Å². The molecule has 1 aliphatic carbocycles. The van der Waals surface area contributed by atoms with E-state index in [1.54, 1.807) is 0 Å². The van der Waals surface area contributed by atoms with Crippen LogP contribution < -0.4 is 5.32 Å². The van der Waals surface area contributed by atoms with E-state index >= 15 is 0 Å². The van der Waals surface area contributed by atoms with Gasteiger partial charge in [0.05, 0.1) is 6.10 Å². The maximum atomic E-state index is 5.39. The van der Waals surface area contributed by atoms with Gasteiger partial charge in [-0.2, -0.15) is 0 Å². The summed E-state index contributed by atoms with van der Waals surface area (Å²) >= 11 is 0. The fourth-order valence-corrected chi connectivity index (χ4v) is 1.63. The van der Waals surface area contributed by atoms with Crippen molar-refractivity contribution in [3.63, 3.8) is 0 Å². The van der Waals surface area contributed by atoms with Crippen molar-refractivity contribution in [1.82, 2.24) is 5.32 Å². The Balaban J connectivity index is 1.88. The number of ether oxygens (including phenoxy) is 1. The number of hydrogen-bond acceptors (Lipinski definition) is 2. The van der Waals surface area contributed by atoms with E-state index in [2.05, 4.69) is 12.2 Å². The molecule has 1 aliphatic rings. The third-order valence-electron chi connectivity index (χ3n) is 2.66. The van der Waals surface area contributed by atoms with E-state index in [1.807, 2.05) is 7.11 Å². The quantitative estimate of drug-likeness (QED) is 0.586. The SMILES string of the molecule is CCC[C@@H](CCCNC1CC1)OC. The average molecular weight is 185 g/mol. The predicted molar refractivity (Wildman–Crippen MR) is 56.0 cm³/mol. The lowest BCUT2D eigenvalue weighted by Crippen LogP contribution is -2.19. The molecule has 1 rings (SSSR count). The summed E-state index contributed by atoms with van der Waals surface area (Å²) in [5, 5.41) is 3.52. The first-order chi connectivity index (χ1) is 6.36. The van der Waals surface area contributed by atoms with Gasteiger partial charge in [-0.05, 0) is 38.6 Å². The first-order valence-electron chi connectivity index (χ1n) is 5.63. The lowest BCUT2D eigenvalue weighted by atomic mass is 10.1. The molecule has 0 bridgehead atoms. The molecule has 1 N–H and O–H groups in total. The smallest absolute Gasteiger partial charge is 0.0571 e. The van der Waals surface area contributed by atoms with Crippen LogP contribution in [0.5, 0.6) is 0 Å². The van der Waals surface area contributed by atoms with Gasteiger partial charge < -0.3 is 10.1 Å². The van der Waals surface area contributed by atoms with Crippen molar-refractivity contribution in [1.29, 1.82) is 0 Å². The van der Waals surface area contributed by atoms with Gasteiger partial charge in [0.15, 0.2) is 0 Å². The Morgan fingerprint density at radius 2 is 2.15 bits per heavy atom. The zero-order chi connectivity index (χ0) is 9.52. The molecule has 0 aromatic heterocycles. The topological polar surface area (TPSA) is 21.3 Å². The van der Waals surface area contributed by atoms with Crippen LogP contribution in [-0.4, -0.2) is 25.8 Å². The molecule has 0 aromatic carbocycles. The highest BCUT2D eigenvalue weighted by Crippen LogP contribution is 2.18. The number of nitrogens with one attached hydrogen (secondary N) is 1. The fraction of sp³-hybridized carbons (Fsp3) is 1.00. The summed E-state index contributed by atoms with van der Waals surface area (Å²) in [7, 11) is 1.83. The summed E-state index contributed by atoms with van der Waals surface area (Å²) in [6.45, 7) is 3.39. The third-order valence-corrected chi connectivity index (χ3v) is 2.66. The molecule has 1 saturated carbocycles. The molecule has 1 atom stereocenters. The second-order valence-corrected chi connectivity index (χ2v) is 4.02. The highest BCUT2D eigenvalue weighted by molar-refractivity contribution is 4.80. The van der Waals surface area contributed by atoms with E-state index in [4.69, 9.17) is 4.74 Å². The Labute approximate surface area is 82.0 Å². The zero-order valence-electron chi connectivity index (χ0n) is 9.01. The largest absolute Gasteiger partial charge is 0.381 e. The Kier molecular flexibility index (Phi) is 5.40. The summed E-state index contributed by atoms with van der Waals surface area (Å²) in [5.74, 6) is 0. The molecule has 0 aliphatic heterocycles. The first kappa shape index (κ1) is 11.0. The molecule has 0 aromatic rings. The summed E-state index contributed by atoms with van der Waals surface area (Å²) < 4.78 is 5.39. The molecular weight excluding hydrogens is 162 g/mol. The van der Waals surface area contributed by atoms with Crippen LogP contribution in [0.1, 0.15) is 45.4 Å². The van der Waals surface area contributed by atoms with E-state index in [-0.39, 0.29) is 0 Å². The minimum absolute atomic E-state index is 0.492. The monoisotopic (exact) mass is 185 g/mol. The van der Waals surface area contributed by atoms with Crippen molar-refractivity contribution < 1.29 is 4.74 Å². The number of rotatable bonds is 8. The van der Waals surface area contributed by atoms with Crippen molar-refractivity contribution in [2.45, 2.75) is 57.6 Å². The maximum absolute atomic E-state index is 5.39. The molecule has 0 amide bonds. The molecule has 0 spiro atoms. The summed E-state index contributed by atoms with van der Waals surface area (Å²) in [6.07, 6.45) is 8.19. The fourth-order valence-electron chi connectivity index (χ4n) is 1.63. The van der Waals surface area contributed by atoms with Crippen molar-refractivity contribution in [2.24, 2.45) is 0 Å². The van der Waals surface area contributed by atoms with Gasteiger partial charge in [0.25, 0.3) is 0 Å². The molecule has 2 nitrogen and oxygen atoms in total. The minimum Gasteiger partial charge on any atom is -0.381 e. The molecule has 2 heteroatoms. The van der Waals surface area contributed by atoms with Gasteiger partial charge in [0.1, 0.15) is 0 Å². The normalized spacial score (nSPS) is 18.9. The van der Waals surface area contributed by atoms with Crippen LogP contribution in [-0.2, 0) is 4.74 Å². The van der Waals surface area contributed by atoms with Crippen LogP contribution in [0.15, 0.2) is 0 Å². The average Bonchev–Trinajstić information content (AvgIpc) is 2.94. The summed E-state index contributed by atoms with van der Waals surface area (Å²) in [5.41, 5.74) is 0. The van der Waals surface area contributed by atoms with E-state index in [0.29, 0.717) is 6.10 Å². The highest BCUT2D eigenvalue weighted by atomic mass is 16.5. The second-order valence-electron chi connectivity index (χ2n) is 4.02. The highest BCUT2D eigenvalue weighted by Gasteiger charge is 2.19. The van der Waals surface area contributed by atoms with E-state index in [9.17, 15) is 0 Å². The van der Waals surface area contributed by atoms with Crippen molar-refractivity contribution in [3.8, 4) is 0 Å². The van der Waals surface area contributed by atoms with Crippen LogP contribution in [0.2, 0.25) is 0 Å². The van der Waals surface area contributed by atoms with Gasteiger partial charge in [-0.25, -0.2) is 0 Å². The van der Waals surface area contributed by atoms with Gasteiger partial charge >= 0.3 is 0 Å². The van der Waals surface area contributed by atoms with E-state index in [0.717, 1.165) is 6.04 Å².